The van der Waals surface area contributed by atoms with Crippen LogP contribution in [0.4, 0.5) is 4.39 Å². The van der Waals surface area contributed by atoms with Crippen molar-refractivity contribution in [2.24, 2.45) is 0 Å². The molecule has 1 aromatic carbocycles. The van der Waals surface area contributed by atoms with Crippen LogP contribution in [-0.4, -0.2) is 52.6 Å². The lowest BCUT2D eigenvalue weighted by molar-refractivity contribution is -0.137. The van der Waals surface area contributed by atoms with Crippen molar-refractivity contribution in [2.75, 3.05) is 20.1 Å². The van der Waals surface area contributed by atoms with Crippen molar-refractivity contribution in [1.29, 1.82) is 0 Å². The summed E-state index contributed by atoms with van der Waals surface area (Å²) in [5.41, 5.74) is 0.108. The molecule has 0 radical (unpaired) electrons. The summed E-state index contributed by atoms with van der Waals surface area (Å²) in [6, 6.07) is 6.26. The quantitative estimate of drug-likeness (QED) is 0.905. The lowest BCUT2D eigenvalue weighted by atomic mass is 10.1. The summed E-state index contributed by atoms with van der Waals surface area (Å²) in [4.78, 5) is 16.3. The summed E-state index contributed by atoms with van der Waals surface area (Å²) < 4.78 is 13.0. The normalized spacial score (nSPS) is 19.4. The summed E-state index contributed by atoms with van der Waals surface area (Å²) in [5, 5.41) is 9.86. The third-order valence-electron chi connectivity index (χ3n) is 3.95. The zero-order chi connectivity index (χ0) is 16.3. The van der Waals surface area contributed by atoms with E-state index in [4.69, 9.17) is 0 Å². The number of likely N-dealkylation sites (N-methyl/N-ethyl adjacent to an activating group) is 1. The minimum Gasteiger partial charge on any atom is -0.389 e. The molecule has 22 heavy (non-hydrogen) atoms. The molecule has 1 amide bonds. The molecule has 5 heteroatoms. The number of aliphatic hydroxyl groups is 1. The predicted octanol–water partition coefficient (Wildman–Crippen LogP) is 2.02. The van der Waals surface area contributed by atoms with Gasteiger partial charge in [-0.2, -0.15) is 0 Å². The van der Waals surface area contributed by atoms with Crippen LogP contribution >= 0.6 is 0 Å². The number of rotatable bonds is 5. The fraction of sp³-hybridized carbons (Fsp3) is 0.588. The minimum absolute atomic E-state index is 0.0433. The lowest BCUT2D eigenvalue weighted by Gasteiger charge is -2.31. The summed E-state index contributed by atoms with van der Waals surface area (Å²) in [5.74, 6) is -0.204. The number of nitrogens with zero attached hydrogens (tertiary/aromatic N) is 2. The van der Waals surface area contributed by atoms with Gasteiger partial charge in [0.1, 0.15) is 5.82 Å². The van der Waals surface area contributed by atoms with Crippen LogP contribution in [0.1, 0.15) is 32.3 Å². The molecule has 2 rings (SSSR count). The second-order valence-electron chi connectivity index (χ2n) is 6.76. The number of carbonyl (C=O) groups is 1. The molecule has 1 aliphatic heterocycles. The Kier molecular flexibility index (Phi) is 5.19. The van der Waals surface area contributed by atoms with Crippen molar-refractivity contribution in [3.8, 4) is 0 Å². The Labute approximate surface area is 131 Å². The number of hydrogen-bond donors (Lipinski definition) is 1. The van der Waals surface area contributed by atoms with Gasteiger partial charge in [0.2, 0.25) is 5.91 Å². The van der Waals surface area contributed by atoms with E-state index in [1.807, 2.05) is 0 Å². The zero-order valence-corrected chi connectivity index (χ0v) is 13.6. The fourth-order valence-corrected chi connectivity index (χ4v) is 3.03. The molecule has 0 spiro atoms. The van der Waals surface area contributed by atoms with Gasteiger partial charge in [0, 0.05) is 20.1 Å². The Bertz CT molecular complexity index is 510. The van der Waals surface area contributed by atoms with Crippen LogP contribution in [-0.2, 0) is 11.3 Å². The third kappa shape index (κ3) is 4.52. The van der Waals surface area contributed by atoms with E-state index in [0.29, 0.717) is 13.1 Å². The highest BCUT2D eigenvalue weighted by Crippen LogP contribution is 2.22. The molecule has 0 aliphatic carbocycles. The molecule has 1 fully saturated rings. The first-order valence-corrected chi connectivity index (χ1v) is 7.72. The standard InChI is InChI=1S/C17H25FN2O2/c1-17(2,22)12-19(3)16(21)15-5-4-10-20(15)11-13-6-8-14(18)9-7-13/h6-9,15,22H,4-5,10-12H2,1-3H3. The minimum atomic E-state index is -0.898. The van der Waals surface area contributed by atoms with Gasteiger partial charge < -0.3 is 10.0 Å². The molecule has 1 N–H and O–H groups in total. The number of hydrogen-bond acceptors (Lipinski definition) is 3. The Balaban J connectivity index is 2.00. The second kappa shape index (κ2) is 6.75. The van der Waals surface area contributed by atoms with Crippen molar-refractivity contribution >= 4 is 5.91 Å². The maximum atomic E-state index is 13.0. The van der Waals surface area contributed by atoms with E-state index in [0.717, 1.165) is 24.9 Å². The average Bonchev–Trinajstić information content (AvgIpc) is 2.86. The van der Waals surface area contributed by atoms with Crippen LogP contribution in [0.25, 0.3) is 0 Å². The SMILES string of the molecule is CN(CC(C)(C)O)C(=O)C1CCCN1Cc1ccc(F)cc1. The van der Waals surface area contributed by atoms with Crippen LogP contribution in [0.2, 0.25) is 0 Å². The van der Waals surface area contributed by atoms with Gasteiger partial charge in [0.25, 0.3) is 0 Å². The molecule has 4 nitrogen and oxygen atoms in total. The Morgan fingerprint density at radius 2 is 2.05 bits per heavy atom. The number of amides is 1. The molecular formula is C17H25FN2O2. The number of likely N-dealkylation sites (tertiary alicyclic amines) is 1. The van der Waals surface area contributed by atoms with Crippen molar-refractivity contribution in [2.45, 2.75) is 44.9 Å². The molecule has 1 heterocycles. The number of halogens is 1. The molecule has 1 unspecified atom stereocenters. The average molecular weight is 308 g/mol. The summed E-state index contributed by atoms with van der Waals surface area (Å²) in [7, 11) is 1.73. The van der Waals surface area contributed by atoms with Crippen LogP contribution in [0.15, 0.2) is 24.3 Å². The van der Waals surface area contributed by atoms with E-state index in [1.165, 1.54) is 12.1 Å². The molecule has 1 atom stereocenters. The van der Waals surface area contributed by atoms with Gasteiger partial charge in [0.05, 0.1) is 11.6 Å². The molecule has 0 bridgehead atoms. The first-order chi connectivity index (χ1) is 10.3. The monoisotopic (exact) mass is 308 g/mol. The summed E-state index contributed by atoms with van der Waals surface area (Å²) >= 11 is 0. The first kappa shape index (κ1) is 16.9. The number of carbonyl (C=O) groups excluding carboxylic acids is 1. The van der Waals surface area contributed by atoms with E-state index in [9.17, 15) is 14.3 Å². The van der Waals surface area contributed by atoms with Crippen molar-refractivity contribution in [1.82, 2.24) is 9.80 Å². The van der Waals surface area contributed by atoms with Gasteiger partial charge in [-0.25, -0.2) is 4.39 Å². The van der Waals surface area contributed by atoms with Crippen LogP contribution in [0, 0.1) is 5.82 Å². The molecule has 122 valence electrons. The van der Waals surface area contributed by atoms with Crippen molar-refractivity contribution in [3.63, 3.8) is 0 Å². The van der Waals surface area contributed by atoms with Gasteiger partial charge >= 0.3 is 0 Å². The second-order valence-corrected chi connectivity index (χ2v) is 6.76. The zero-order valence-electron chi connectivity index (χ0n) is 13.6. The predicted molar refractivity (Wildman–Crippen MR) is 83.8 cm³/mol. The van der Waals surface area contributed by atoms with E-state index >= 15 is 0 Å². The van der Waals surface area contributed by atoms with E-state index in [2.05, 4.69) is 4.90 Å². The smallest absolute Gasteiger partial charge is 0.239 e. The van der Waals surface area contributed by atoms with Gasteiger partial charge in [0.15, 0.2) is 0 Å². The van der Waals surface area contributed by atoms with Crippen molar-refractivity contribution in [3.05, 3.63) is 35.6 Å². The highest BCUT2D eigenvalue weighted by atomic mass is 19.1. The van der Waals surface area contributed by atoms with Crippen molar-refractivity contribution < 1.29 is 14.3 Å². The Hall–Kier alpha value is -1.46. The topological polar surface area (TPSA) is 43.8 Å². The summed E-state index contributed by atoms with van der Waals surface area (Å²) in [6.07, 6.45) is 1.81. The van der Waals surface area contributed by atoms with Gasteiger partial charge in [-0.3, -0.25) is 9.69 Å². The molecular weight excluding hydrogens is 283 g/mol. The molecule has 1 saturated heterocycles. The highest BCUT2D eigenvalue weighted by molar-refractivity contribution is 5.82. The van der Waals surface area contributed by atoms with Crippen LogP contribution in [0.5, 0.6) is 0 Å². The van der Waals surface area contributed by atoms with E-state index < -0.39 is 5.60 Å². The van der Waals surface area contributed by atoms with Gasteiger partial charge in [-0.1, -0.05) is 12.1 Å². The Morgan fingerprint density at radius 3 is 2.64 bits per heavy atom. The molecule has 1 aromatic rings. The maximum Gasteiger partial charge on any atom is 0.239 e. The molecule has 1 aliphatic rings. The molecule has 0 aromatic heterocycles. The molecule has 0 saturated carbocycles. The lowest BCUT2D eigenvalue weighted by Crippen LogP contribution is -2.48. The largest absolute Gasteiger partial charge is 0.389 e. The maximum absolute atomic E-state index is 13.0. The van der Waals surface area contributed by atoms with Crippen LogP contribution in [0.3, 0.4) is 0 Å². The van der Waals surface area contributed by atoms with E-state index in [-0.39, 0.29) is 17.8 Å². The first-order valence-electron chi connectivity index (χ1n) is 7.72. The highest BCUT2D eigenvalue weighted by Gasteiger charge is 2.33. The van der Waals surface area contributed by atoms with Crippen LogP contribution < -0.4 is 0 Å². The summed E-state index contributed by atoms with van der Waals surface area (Å²) in [6.45, 7) is 5.22. The third-order valence-corrected chi connectivity index (χ3v) is 3.95. The van der Waals surface area contributed by atoms with Gasteiger partial charge in [-0.15, -0.1) is 0 Å². The van der Waals surface area contributed by atoms with Gasteiger partial charge in [-0.05, 0) is 50.9 Å². The van der Waals surface area contributed by atoms with E-state index in [1.54, 1.807) is 37.9 Å². The Morgan fingerprint density at radius 1 is 1.41 bits per heavy atom. The fourth-order valence-electron chi connectivity index (χ4n) is 3.03. The number of benzene rings is 1.